The highest BCUT2D eigenvalue weighted by Crippen LogP contribution is 2.37. The maximum absolute atomic E-state index is 11.4. The van der Waals surface area contributed by atoms with Gasteiger partial charge in [-0.15, -0.1) is 0 Å². The first-order chi connectivity index (χ1) is 11.1. The molecule has 0 radical (unpaired) electrons. The number of hydrogen-bond acceptors (Lipinski definition) is 3. The Labute approximate surface area is 153 Å². The average molecular weight is 409 g/mol. The van der Waals surface area contributed by atoms with Gasteiger partial charge in [-0.3, -0.25) is 9.48 Å². The minimum Gasteiger partial charge on any atom is -0.411 e. The fraction of sp³-hybridized carbons (Fsp3) is 0.444. The van der Waals surface area contributed by atoms with Gasteiger partial charge in [-0.25, -0.2) is 0 Å². The summed E-state index contributed by atoms with van der Waals surface area (Å²) in [5.74, 6) is 0. The van der Waals surface area contributed by atoms with Crippen LogP contribution >= 0.6 is 15.9 Å². The molecule has 0 atom stereocenters. The molecule has 0 unspecified atom stereocenters. The van der Waals surface area contributed by atoms with Gasteiger partial charge < -0.3 is 4.43 Å². The minimum atomic E-state index is -1.83. The van der Waals surface area contributed by atoms with E-state index in [-0.39, 0.29) is 5.04 Å². The molecule has 0 saturated heterocycles. The fourth-order valence-corrected chi connectivity index (χ4v) is 3.45. The Morgan fingerprint density at radius 1 is 1.29 bits per heavy atom. The zero-order chi connectivity index (χ0) is 18.0. The van der Waals surface area contributed by atoms with Gasteiger partial charge in [0.15, 0.2) is 14.6 Å². The summed E-state index contributed by atoms with van der Waals surface area (Å²) in [6.45, 7) is 12.1. The van der Waals surface area contributed by atoms with Crippen molar-refractivity contribution in [1.29, 1.82) is 0 Å². The smallest absolute Gasteiger partial charge is 0.192 e. The molecular formula is C18H25BrN2O2Si. The number of aromatic nitrogens is 2. The maximum Gasteiger partial charge on any atom is 0.192 e. The van der Waals surface area contributed by atoms with E-state index in [0.29, 0.717) is 18.8 Å². The zero-order valence-corrected chi connectivity index (χ0v) is 17.6. The van der Waals surface area contributed by atoms with Crippen LogP contribution in [0.3, 0.4) is 0 Å². The zero-order valence-electron chi connectivity index (χ0n) is 15.0. The van der Waals surface area contributed by atoms with E-state index in [2.05, 4.69) is 54.9 Å². The highest BCUT2D eigenvalue weighted by Gasteiger charge is 2.37. The van der Waals surface area contributed by atoms with Crippen molar-refractivity contribution in [3.05, 3.63) is 51.8 Å². The highest BCUT2D eigenvalue weighted by atomic mass is 79.9. The molecular weight excluding hydrogens is 384 g/mol. The van der Waals surface area contributed by atoms with Gasteiger partial charge in [-0.1, -0.05) is 48.8 Å². The first-order valence-electron chi connectivity index (χ1n) is 8.03. The Hall–Kier alpha value is -1.24. The number of carbonyl (C=O) groups excluding carboxylic acids is 1. The fourth-order valence-electron chi connectivity index (χ4n) is 2.06. The van der Waals surface area contributed by atoms with Crippen LogP contribution in [0.2, 0.25) is 18.1 Å². The van der Waals surface area contributed by atoms with E-state index >= 15 is 0 Å². The summed E-state index contributed by atoms with van der Waals surface area (Å²) in [7, 11) is -1.83. The van der Waals surface area contributed by atoms with Crippen LogP contribution in [-0.4, -0.2) is 24.4 Å². The summed E-state index contributed by atoms with van der Waals surface area (Å²) < 4.78 is 8.95. The minimum absolute atomic E-state index is 0.152. The lowest BCUT2D eigenvalue weighted by atomic mass is 10.2. The molecule has 1 heterocycles. The molecule has 24 heavy (non-hydrogen) atoms. The molecule has 1 aromatic carbocycles. The van der Waals surface area contributed by atoms with Gasteiger partial charge in [-0.2, -0.15) is 5.10 Å². The molecule has 0 N–H and O–H groups in total. The summed E-state index contributed by atoms with van der Waals surface area (Å²) in [6.07, 6.45) is 0.848. The largest absolute Gasteiger partial charge is 0.411 e. The van der Waals surface area contributed by atoms with Crippen molar-refractivity contribution < 1.29 is 9.22 Å². The molecule has 0 aliphatic carbocycles. The van der Waals surface area contributed by atoms with Gasteiger partial charge >= 0.3 is 0 Å². The van der Waals surface area contributed by atoms with Gasteiger partial charge in [0.25, 0.3) is 0 Å². The predicted molar refractivity (Wildman–Crippen MR) is 103 cm³/mol. The second-order valence-electron chi connectivity index (χ2n) is 7.51. The number of aldehydes is 1. The van der Waals surface area contributed by atoms with Gasteiger partial charge in [0.05, 0.1) is 18.8 Å². The summed E-state index contributed by atoms with van der Waals surface area (Å²) in [5, 5.41) is 4.71. The first-order valence-corrected chi connectivity index (χ1v) is 11.7. The third kappa shape index (κ3) is 4.65. The van der Waals surface area contributed by atoms with E-state index in [1.807, 2.05) is 30.3 Å². The van der Waals surface area contributed by atoms with Crippen LogP contribution in [0.1, 0.15) is 42.5 Å². The van der Waals surface area contributed by atoms with Crippen LogP contribution in [0, 0.1) is 0 Å². The van der Waals surface area contributed by atoms with Crippen LogP contribution in [0.25, 0.3) is 0 Å². The van der Waals surface area contributed by atoms with Crippen LogP contribution in [0.4, 0.5) is 0 Å². The molecule has 6 heteroatoms. The molecule has 0 bridgehead atoms. The molecule has 0 saturated carbocycles. The van der Waals surface area contributed by atoms with Gasteiger partial charge in [0.2, 0.25) is 0 Å². The van der Waals surface area contributed by atoms with Crippen molar-refractivity contribution in [2.75, 3.05) is 0 Å². The average Bonchev–Trinajstić information content (AvgIpc) is 2.86. The quantitative estimate of drug-likeness (QED) is 0.497. The second-order valence-corrected chi connectivity index (χ2v) is 13.2. The van der Waals surface area contributed by atoms with Crippen LogP contribution in [0.5, 0.6) is 0 Å². The number of rotatable bonds is 6. The third-order valence-corrected chi connectivity index (χ3v) is 9.56. The molecule has 1 aromatic heterocycles. The van der Waals surface area contributed by atoms with Crippen LogP contribution in [-0.2, 0) is 17.6 Å². The Kier molecular flexibility index (Phi) is 5.83. The van der Waals surface area contributed by atoms with E-state index in [4.69, 9.17) is 4.43 Å². The molecule has 130 valence electrons. The Bertz CT molecular complexity index is 720. The van der Waals surface area contributed by atoms with Crippen molar-refractivity contribution in [3.8, 4) is 0 Å². The Morgan fingerprint density at radius 3 is 2.58 bits per heavy atom. The van der Waals surface area contributed by atoms with Crippen LogP contribution < -0.4 is 0 Å². The summed E-state index contributed by atoms with van der Waals surface area (Å²) in [6, 6.07) is 9.82. The second kappa shape index (κ2) is 7.33. The standard InChI is InChI=1S/C18H25BrN2O2Si/c1-18(2,3)24(4,5)23-13-16-10-17(12-22)21(20-16)11-14-7-6-8-15(19)9-14/h6-10,12H,11,13H2,1-5H3. The van der Waals surface area contributed by atoms with Gasteiger partial charge in [0.1, 0.15) is 5.69 Å². The van der Waals surface area contributed by atoms with Gasteiger partial charge in [0, 0.05) is 4.47 Å². The molecule has 0 spiro atoms. The SMILES string of the molecule is CC(C)(C)[Si](C)(C)OCc1cc(C=O)n(Cc2cccc(Br)c2)n1. The van der Waals surface area contributed by atoms with Crippen molar-refractivity contribution in [2.45, 2.75) is 52.1 Å². The lowest BCUT2D eigenvalue weighted by Gasteiger charge is -2.35. The first kappa shape index (κ1) is 19.1. The van der Waals surface area contributed by atoms with Crippen molar-refractivity contribution in [2.24, 2.45) is 0 Å². The maximum atomic E-state index is 11.4. The summed E-state index contributed by atoms with van der Waals surface area (Å²) in [5.41, 5.74) is 2.47. The van der Waals surface area contributed by atoms with E-state index in [1.165, 1.54) is 0 Å². The molecule has 0 amide bonds. The van der Waals surface area contributed by atoms with Crippen molar-refractivity contribution in [3.63, 3.8) is 0 Å². The predicted octanol–water partition coefficient (Wildman–Crippen LogP) is 5.03. The molecule has 0 aliphatic rings. The van der Waals surface area contributed by atoms with E-state index < -0.39 is 8.32 Å². The number of benzene rings is 1. The van der Waals surface area contributed by atoms with Crippen molar-refractivity contribution >= 4 is 30.5 Å². The van der Waals surface area contributed by atoms with E-state index in [1.54, 1.807) is 4.68 Å². The Balaban J connectivity index is 2.14. The third-order valence-electron chi connectivity index (χ3n) is 4.59. The number of nitrogens with zero attached hydrogens (tertiary/aromatic N) is 2. The Morgan fingerprint density at radius 2 is 2.00 bits per heavy atom. The van der Waals surface area contributed by atoms with E-state index in [0.717, 1.165) is 22.0 Å². The van der Waals surface area contributed by atoms with E-state index in [9.17, 15) is 4.79 Å². The lowest BCUT2D eigenvalue weighted by Crippen LogP contribution is -2.40. The summed E-state index contributed by atoms with van der Waals surface area (Å²) >= 11 is 3.47. The number of halogens is 1. The van der Waals surface area contributed by atoms with Crippen molar-refractivity contribution in [1.82, 2.24) is 9.78 Å². The monoisotopic (exact) mass is 408 g/mol. The molecule has 0 fully saturated rings. The normalized spacial score (nSPS) is 12.4. The molecule has 2 aromatic rings. The molecule has 0 aliphatic heterocycles. The molecule has 4 nitrogen and oxygen atoms in total. The van der Waals surface area contributed by atoms with Crippen LogP contribution in [0.15, 0.2) is 34.8 Å². The number of hydrogen-bond donors (Lipinski definition) is 0. The highest BCUT2D eigenvalue weighted by molar-refractivity contribution is 9.10. The molecule has 2 rings (SSSR count). The lowest BCUT2D eigenvalue weighted by molar-refractivity contribution is 0.111. The summed E-state index contributed by atoms with van der Waals surface area (Å²) in [4.78, 5) is 11.4. The topological polar surface area (TPSA) is 44.1 Å². The van der Waals surface area contributed by atoms with Gasteiger partial charge in [-0.05, 0) is 41.9 Å². The number of carbonyl (C=O) groups is 1.